The summed E-state index contributed by atoms with van der Waals surface area (Å²) >= 11 is 1.88. The molecule has 2 heteroatoms. The summed E-state index contributed by atoms with van der Waals surface area (Å²) in [7, 11) is 0. The van der Waals surface area contributed by atoms with Crippen LogP contribution in [0, 0.1) is 0 Å². The van der Waals surface area contributed by atoms with Gasteiger partial charge in [-0.1, -0.05) is 32.6 Å². The van der Waals surface area contributed by atoms with Crippen LogP contribution in [0.3, 0.4) is 0 Å². The predicted molar refractivity (Wildman–Crippen MR) is 61.9 cm³/mol. The van der Waals surface area contributed by atoms with Crippen LogP contribution >= 0.6 is 11.3 Å². The maximum absolute atomic E-state index is 4.71. The number of aromatic nitrogens is 1. The highest BCUT2D eigenvalue weighted by Gasteiger charge is 2.17. The zero-order chi connectivity index (χ0) is 9.80. The minimum absolute atomic E-state index is 0.780. The van der Waals surface area contributed by atoms with Gasteiger partial charge in [0.2, 0.25) is 0 Å². The molecule has 0 spiro atoms. The van der Waals surface area contributed by atoms with Crippen molar-refractivity contribution < 1.29 is 0 Å². The first-order chi connectivity index (χ1) is 6.90. The maximum atomic E-state index is 4.71. The molecule has 1 nitrogen and oxygen atoms in total. The van der Waals surface area contributed by atoms with E-state index in [0.717, 1.165) is 12.3 Å². The van der Waals surface area contributed by atoms with Crippen LogP contribution in [0.25, 0.3) is 0 Å². The Hall–Kier alpha value is -0.370. The van der Waals surface area contributed by atoms with Crippen molar-refractivity contribution in [1.29, 1.82) is 0 Å². The quantitative estimate of drug-likeness (QED) is 0.667. The van der Waals surface area contributed by atoms with Crippen LogP contribution in [-0.2, 0) is 6.42 Å². The molecular weight excluding hydrogens is 190 g/mol. The largest absolute Gasteiger partial charge is 0.246 e. The fourth-order valence-corrected chi connectivity index (χ4v) is 3.27. The molecule has 0 radical (unpaired) electrons. The van der Waals surface area contributed by atoms with E-state index in [1.54, 1.807) is 0 Å². The first-order valence-electron chi connectivity index (χ1n) is 5.84. The molecule has 1 heterocycles. The summed E-state index contributed by atoms with van der Waals surface area (Å²) < 4.78 is 0. The molecule has 0 N–H and O–H groups in total. The summed E-state index contributed by atoms with van der Waals surface area (Å²) in [5.41, 5.74) is 1.29. The van der Waals surface area contributed by atoms with Gasteiger partial charge in [-0.15, -0.1) is 11.3 Å². The second-order valence-corrected chi connectivity index (χ2v) is 5.11. The zero-order valence-corrected chi connectivity index (χ0v) is 9.78. The van der Waals surface area contributed by atoms with E-state index in [0.29, 0.717) is 0 Å². The highest BCUT2D eigenvalue weighted by molar-refractivity contribution is 7.09. The Kier molecular flexibility index (Phi) is 3.57. The predicted octanol–water partition coefficient (Wildman–Crippen LogP) is 4.14. The standard InChI is InChI=1S/C12H19NS/c1-2-11-9-14-12(13-11)10-7-5-3-4-6-8-10/h9-10H,2-8H2,1H3. The number of hydrogen-bond donors (Lipinski definition) is 0. The van der Waals surface area contributed by atoms with Crippen molar-refractivity contribution in [1.82, 2.24) is 4.98 Å². The third-order valence-corrected chi connectivity index (χ3v) is 4.19. The molecule has 0 atom stereocenters. The molecule has 1 aromatic heterocycles. The van der Waals surface area contributed by atoms with Gasteiger partial charge in [-0.3, -0.25) is 0 Å². The van der Waals surface area contributed by atoms with E-state index in [-0.39, 0.29) is 0 Å². The third kappa shape index (κ3) is 2.35. The Morgan fingerprint density at radius 3 is 2.57 bits per heavy atom. The third-order valence-electron chi connectivity index (χ3n) is 3.14. The minimum atomic E-state index is 0.780. The molecule has 1 aromatic rings. The number of nitrogens with zero attached hydrogens (tertiary/aromatic N) is 1. The van der Waals surface area contributed by atoms with Crippen LogP contribution in [0.4, 0.5) is 0 Å². The lowest BCUT2D eigenvalue weighted by molar-refractivity contribution is 0.588. The molecule has 0 aromatic carbocycles. The van der Waals surface area contributed by atoms with E-state index >= 15 is 0 Å². The summed E-state index contributed by atoms with van der Waals surface area (Å²) in [6.45, 7) is 2.19. The SMILES string of the molecule is CCc1csc(C2CCCCCC2)n1. The van der Waals surface area contributed by atoms with Gasteiger partial charge in [0, 0.05) is 11.3 Å². The van der Waals surface area contributed by atoms with Gasteiger partial charge in [0.25, 0.3) is 0 Å². The lowest BCUT2D eigenvalue weighted by atomic mass is 10.0. The molecule has 1 fully saturated rings. The van der Waals surface area contributed by atoms with Gasteiger partial charge >= 0.3 is 0 Å². The monoisotopic (exact) mass is 209 g/mol. The minimum Gasteiger partial charge on any atom is -0.246 e. The summed E-state index contributed by atoms with van der Waals surface area (Å²) in [6, 6.07) is 0. The topological polar surface area (TPSA) is 12.9 Å². The van der Waals surface area contributed by atoms with Crippen molar-refractivity contribution in [2.75, 3.05) is 0 Å². The van der Waals surface area contributed by atoms with Crippen molar-refractivity contribution in [3.8, 4) is 0 Å². The van der Waals surface area contributed by atoms with Crippen molar-refractivity contribution in [3.63, 3.8) is 0 Å². The van der Waals surface area contributed by atoms with Gasteiger partial charge in [-0.2, -0.15) is 0 Å². The van der Waals surface area contributed by atoms with Crippen molar-refractivity contribution in [2.24, 2.45) is 0 Å². The van der Waals surface area contributed by atoms with E-state index in [1.807, 2.05) is 11.3 Å². The lowest BCUT2D eigenvalue weighted by Gasteiger charge is -2.09. The van der Waals surface area contributed by atoms with Crippen LogP contribution in [0.5, 0.6) is 0 Å². The molecule has 0 saturated heterocycles. The fourth-order valence-electron chi connectivity index (χ4n) is 2.20. The first kappa shape index (κ1) is 10.2. The van der Waals surface area contributed by atoms with Gasteiger partial charge in [0.15, 0.2) is 0 Å². The van der Waals surface area contributed by atoms with Crippen molar-refractivity contribution >= 4 is 11.3 Å². The van der Waals surface area contributed by atoms with Crippen LogP contribution in [0.1, 0.15) is 62.1 Å². The van der Waals surface area contributed by atoms with Gasteiger partial charge in [-0.05, 0) is 19.3 Å². The normalized spacial score (nSPS) is 19.5. The van der Waals surface area contributed by atoms with Crippen molar-refractivity contribution in [3.05, 3.63) is 16.1 Å². The van der Waals surface area contributed by atoms with Gasteiger partial charge in [0.1, 0.15) is 0 Å². The molecule has 2 rings (SSSR count). The van der Waals surface area contributed by atoms with E-state index in [4.69, 9.17) is 4.98 Å². The molecular formula is C12H19NS. The highest BCUT2D eigenvalue weighted by Crippen LogP contribution is 2.33. The average Bonchev–Trinajstić information content (AvgIpc) is 2.53. The maximum Gasteiger partial charge on any atom is 0.0959 e. The smallest absolute Gasteiger partial charge is 0.0959 e. The molecule has 0 aliphatic heterocycles. The van der Waals surface area contributed by atoms with Gasteiger partial charge in [-0.25, -0.2) is 4.98 Å². The zero-order valence-electron chi connectivity index (χ0n) is 8.96. The fraction of sp³-hybridized carbons (Fsp3) is 0.750. The summed E-state index contributed by atoms with van der Waals surface area (Å²) in [4.78, 5) is 4.71. The molecule has 1 aliphatic carbocycles. The average molecular weight is 209 g/mol. The molecule has 0 bridgehead atoms. The molecule has 0 amide bonds. The summed E-state index contributed by atoms with van der Waals surface area (Å²) in [6.07, 6.45) is 9.51. The first-order valence-corrected chi connectivity index (χ1v) is 6.72. The number of thiazole rings is 1. The summed E-state index contributed by atoms with van der Waals surface area (Å²) in [5.74, 6) is 0.780. The van der Waals surface area contributed by atoms with E-state index in [1.165, 1.54) is 49.2 Å². The van der Waals surface area contributed by atoms with Gasteiger partial charge < -0.3 is 0 Å². The lowest BCUT2D eigenvalue weighted by Crippen LogP contribution is -1.96. The molecule has 14 heavy (non-hydrogen) atoms. The van der Waals surface area contributed by atoms with Gasteiger partial charge in [0.05, 0.1) is 10.7 Å². The van der Waals surface area contributed by atoms with Crippen LogP contribution in [-0.4, -0.2) is 4.98 Å². The molecule has 1 saturated carbocycles. The Morgan fingerprint density at radius 1 is 1.29 bits per heavy atom. The van der Waals surface area contributed by atoms with E-state index < -0.39 is 0 Å². The Bertz CT molecular complexity index is 272. The number of aryl methyl sites for hydroxylation is 1. The summed E-state index contributed by atoms with van der Waals surface area (Å²) in [5, 5.41) is 3.64. The Morgan fingerprint density at radius 2 is 2.00 bits per heavy atom. The van der Waals surface area contributed by atoms with Crippen LogP contribution in [0.15, 0.2) is 5.38 Å². The molecule has 1 aliphatic rings. The number of hydrogen-bond acceptors (Lipinski definition) is 2. The van der Waals surface area contributed by atoms with Crippen LogP contribution in [0.2, 0.25) is 0 Å². The second-order valence-electron chi connectivity index (χ2n) is 4.22. The molecule has 78 valence electrons. The second kappa shape index (κ2) is 4.92. The van der Waals surface area contributed by atoms with E-state index in [2.05, 4.69) is 12.3 Å². The van der Waals surface area contributed by atoms with Crippen molar-refractivity contribution in [2.45, 2.75) is 57.8 Å². The Labute approximate surface area is 90.6 Å². The molecule has 0 unspecified atom stereocenters. The van der Waals surface area contributed by atoms with Crippen LogP contribution < -0.4 is 0 Å². The highest BCUT2D eigenvalue weighted by atomic mass is 32.1. The number of rotatable bonds is 2. The Balaban J connectivity index is 2.04. The van der Waals surface area contributed by atoms with E-state index in [9.17, 15) is 0 Å².